The number of para-hydroxylation sites is 1. The highest BCUT2D eigenvalue weighted by molar-refractivity contribution is 6.00. The number of pyridine rings is 1. The molecule has 6 nitrogen and oxygen atoms in total. The lowest BCUT2D eigenvalue weighted by molar-refractivity contribution is -0.118. The number of carboxylic acids is 1. The van der Waals surface area contributed by atoms with Crippen LogP contribution in [0.25, 0.3) is 11.3 Å². The molecule has 0 saturated heterocycles. The number of aromatic nitrogens is 1. The Morgan fingerprint density at radius 3 is 2.38 bits per heavy atom. The molecule has 2 aromatic carbocycles. The minimum absolute atomic E-state index is 0.0229. The van der Waals surface area contributed by atoms with E-state index in [4.69, 9.17) is 9.84 Å². The summed E-state index contributed by atoms with van der Waals surface area (Å²) in [5.74, 6) is -1.11. The Labute approximate surface area is 150 Å². The van der Waals surface area contributed by atoms with Crippen molar-refractivity contribution >= 4 is 17.6 Å². The summed E-state index contributed by atoms with van der Waals surface area (Å²) in [5.41, 5.74) is 2.04. The molecule has 2 N–H and O–H groups in total. The van der Waals surface area contributed by atoms with Crippen LogP contribution in [0, 0.1) is 0 Å². The van der Waals surface area contributed by atoms with Crippen LogP contribution in [0.1, 0.15) is 10.4 Å². The van der Waals surface area contributed by atoms with Crippen molar-refractivity contribution in [2.24, 2.45) is 0 Å². The van der Waals surface area contributed by atoms with Gasteiger partial charge >= 0.3 is 5.97 Å². The second-order valence-electron chi connectivity index (χ2n) is 5.43. The van der Waals surface area contributed by atoms with Crippen LogP contribution < -0.4 is 10.1 Å². The molecule has 1 heterocycles. The zero-order valence-corrected chi connectivity index (χ0v) is 13.8. The molecular weight excluding hydrogens is 332 g/mol. The summed E-state index contributed by atoms with van der Waals surface area (Å²) in [7, 11) is 0. The maximum absolute atomic E-state index is 12.0. The summed E-state index contributed by atoms with van der Waals surface area (Å²) in [6, 6.07) is 19.4. The van der Waals surface area contributed by atoms with Gasteiger partial charge in [-0.3, -0.25) is 9.78 Å². The van der Waals surface area contributed by atoms with Gasteiger partial charge in [-0.25, -0.2) is 4.79 Å². The van der Waals surface area contributed by atoms with Gasteiger partial charge in [0, 0.05) is 5.56 Å². The highest BCUT2D eigenvalue weighted by Crippen LogP contribution is 2.19. The molecule has 26 heavy (non-hydrogen) atoms. The Morgan fingerprint density at radius 2 is 1.69 bits per heavy atom. The van der Waals surface area contributed by atoms with E-state index < -0.39 is 11.9 Å². The van der Waals surface area contributed by atoms with Crippen LogP contribution in [0.4, 0.5) is 5.69 Å². The fourth-order valence-electron chi connectivity index (χ4n) is 2.36. The predicted octanol–water partition coefficient (Wildman–Crippen LogP) is 3.46. The van der Waals surface area contributed by atoms with Gasteiger partial charge in [-0.2, -0.15) is 0 Å². The number of carbonyl (C=O) groups is 2. The summed E-state index contributed by atoms with van der Waals surface area (Å²) < 4.78 is 5.41. The fraction of sp³-hybridized carbons (Fsp3) is 0.0500. The molecule has 0 unspecified atom stereocenters. The molecule has 0 bridgehead atoms. The molecule has 0 aliphatic rings. The van der Waals surface area contributed by atoms with Gasteiger partial charge < -0.3 is 15.2 Å². The first-order valence-corrected chi connectivity index (χ1v) is 7.90. The van der Waals surface area contributed by atoms with Crippen LogP contribution >= 0.6 is 0 Å². The Hall–Kier alpha value is -3.67. The molecule has 0 spiro atoms. The smallest absolute Gasteiger partial charge is 0.337 e. The number of carboxylic acid groups (broad SMARTS) is 1. The quantitative estimate of drug-likeness (QED) is 0.712. The Kier molecular flexibility index (Phi) is 5.24. The van der Waals surface area contributed by atoms with Gasteiger partial charge in [0.15, 0.2) is 6.61 Å². The van der Waals surface area contributed by atoms with E-state index in [-0.39, 0.29) is 17.9 Å². The summed E-state index contributed by atoms with van der Waals surface area (Å²) in [5, 5.41) is 11.6. The first kappa shape index (κ1) is 17.2. The molecule has 130 valence electrons. The van der Waals surface area contributed by atoms with E-state index in [1.807, 2.05) is 36.4 Å². The van der Waals surface area contributed by atoms with Gasteiger partial charge in [0.25, 0.3) is 5.91 Å². The highest BCUT2D eigenvalue weighted by Gasteiger charge is 2.12. The monoisotopic (exact) mass is 348 g/mol. The molecule has 0 radical (unpaired) electrons. The molecular formula is C20H16N2O4. The fourth-order valence-corrected chi connectivity index (χ4v) is 2.36. The zero-order chi connectivity index (χ0) is 18.4. The average Bonchev–Trinajstić information content (AvgIpc) is 2.68. The number of amides is 1. The molecule has 0 fully saturated rings. The summed E-state index contributed by atoms with van der Waals surface area (Å²) >= 11 is 0. The number of ether oxygens (including phenoxy) is 1. The van der Waals surface area contributed by atoms with Gasteiger partial charge in [-0.15, -0.1) is 0 Å². The van der Waals surface area contributed by atoms with E-state index in [2.05, 4.69) is 10.3 Å². The van der Waals surface area contributed by atoms with Crippen molar-refractivity contribution in [2.45, 2.75) is 0 Å². The third-order valence-electron chi connectivity index (χ3n) is 3.61. The summed E-state index contributed by atoms with van der Waals surface area (Å²) in [6.07, 6.45) is 1.54. The molecule has 3 rings (SSSR count). The van der Waals surface area contributed by atoms with Gasteiger partial charge in [0.1, 0.15) is 5.75 Å². The van der Waals surface area contributed by atoms with Crippen LogP contribution in [-0.2, 0) is 4.79 Å². The number of rotatable bonds is 6. The van der Waals surface area contributed by atoms with Gasteiger partial charge in [0.05, 0.1) is 23.1 Å². The minimum Gasteiger partial charge on any atom is -0.482 e. The number of hydrogen-bond acceptors (Lipinski definition) is 4. The molecule has 1 amide bonds. The van der Waals surface area contributed by atoms with Crippen molar-refractivity contribution in [3.8, 4) is 17.0 Å². The number of aromatic carboxylic acids is 1. The van der Waals surface area contributed by atoms with Crippen LogP contribution in [0.3, 0.4) is 0 Å². The summed E-state index contributed by atoms with van der Waals surface area (Å²) in [6.45, 7) is -0.250. The van der Waals surface area contributed by atoms with Crippen molar-refractivity contribution in [3.63, 3.8) is 0 Å². The Morgan fingerprint density at radius 1 is 0.962 bits per heavy atom. The molecule has 1 aromatic heterocycles. The number of anilines is 1. The highest BCUT2D eigenvalue weighted by atomic mass is 16.5. The number of nitrogens with zero attached hydrogens (tertiary/aromatic N) is 1. The third kappa shape index (κ3) is 4.24. The zero-order valence-electron chi connectivity index (χ0n) is 13.8. The van der Waals surface area contributed by atoms with E-state index in [1.54, 1.807) is 24.4 Å². The number of nitrogens with one attached hydrogen (secondary N) is 1. The number of benzene rings is 2. The van der Waals surface area contributed by atoms with Crippen molar-refractivity contribution < 1.29 is 19.4 Å². The first-order chi connectivity index (χ1) is 12.6. The van der Waals surface area contributed by atoms with Crippen molar-refractivity contribution in [3.05, 3.63) is 78.5 Å². The van der Waals surface area contributed by atoms with Crippen molar-refractivity contribution in [2.75, 3.05) is 11.9 Å². The largest absolute Gasteiger partial charge is 0.482 e. The van der Waals surface area contributed by atoms with Gasteiger partial charge in [-0.1, -0.05) is 42.5 Å². The van der Waals surface area contributed by atoms with Crippen LogP contribution in [0.5, 0.6) is 5.75 Å². The SMILES string of the molecule is O=C(COc1ccc(-c2ccccc2)nc1)Nc1ccccc1C(=O)O. The maximum Gasteiger partial charge on any atom is 0.337 e. The van der Waals surface area contributed by atoms with Crippen LogP contribution in [0.2, 0.25) is 0 Å². The second-order valence-corrected chi connectivity index (χ2v) is 5.43. The van der Waals surface area contributed by atoms with Gasteiger partial charge in [-0.05, 0) is 24.3 Å². The topological polar surface area (TPSA) is 88.5 Å². The Balaban J connectivity index is 1.59. The van der Waals surface area contributed by atoms with E-state index in [9.17, 15) is 9.59 Å². The first-order valence-electron chi connectivity index (χ1n) is 7.90. The third-order valence-corrected chi connectivity index (χ3v) is 3.61. The minimum atomic E-state index is -1.11. The molecule has 0 saturated carbocycles. The number of hydrogen-bond donors (Lipinski definition) is 2. The van der Waals surface area contributed by atoms with E-state index >= 15 is 0 Å². The summed E-state index contributed by atoms with van der Waals surface area (Å²) in [4.78, 5) is 27.5. The standard InChI is InChI=1S/C20H16N2O4/c23-19(22-18-9-5-4-8-16(18)20(24)25)13-26-15-10-11-17(21-12-15)14-6-2-1-3-7-14/h1-12H,13H2,(H,22,23)(H,24,25). The normalized spacial score (nSPS) is 10.2. The molecule has 6 heteroatoms. The molecule has 0 aliphatic heterocycles. The van der Waals surface area contributed by atoms with Crippen molar-refractivity contribution in [1.29, 1.82) is 0 Å². The van der Waals surface area contributed by atoms with E-state index in [1.165, 1.54) is 12.1 Å². The van der Waals surface area contributed by atoms with E-state index in [0.717, 1.165) is 11.3 Å². The average molecular weight is 348 g/mol. The van der Waals surface area contributed by atoms with Crippen LogP contribution in [0.15, 0.2) is 72.9 Å². The van der Waals surface area contributed by atoms with E-state index in [0.29, 0.717) is 5.75 Å². The lowest BCUT2D eigenvalue weighted by atomic mass is 10.1. The lowest BCUT2D eigenvalue weighted by Crippen LogP contribution is -2.21. The van der Waals surface area contributed by atoms with Crippen LogP contribution in [-0.4, -0.2) is 28.6 Å². The van der Waals surface area contributed by atoms with Crippen molar-refractivity contribution in [1.82, 2.24) is 4.98 Å². The maximum atomic E-state index is 12.0. The molecule has 0 atom stereocenters. The predicted molar refractivity (Wildman–Crippen MR) is 97.2 cm³/mol. The molecule has 3 aromatic rings. The molecule has 0 aliphatic carbocycles. The number of carbonyl (C=O) groups excluding carboxylic acids is 1. The Bertz CT molecular complexity index is 909. The second kappa shape index (κ2) is 7.94. The lowest BCUT2D eigenvalue weighted by Gasteiger charge is -2.09. The van der Waals surface area contributed by atoms with Gasteiger partial charge in [0.2, 0.25) is 0 Å².